The third kappa shape index (κ3) is 2.45. The molecule has 2 atom stereocenters. The lowest BCUT2D eigenvalue weighted by atomic mass is 10.2. The van der Waals surface area contributed by atoms with Crippen LogP contribution in [-0.4, -0.2) is 47.0 Å². The van der Waals surface area contributed by atoms with Crippen molar-refractivity contribution >= 4 is 5.95 Å². The van der Waals surface area contributed by atoms with Gasteiger partial charge in [-0.3, -0.25) is 0 Å². The fourth-order valence-electron chi connectivity index (χ4n) is 1.78. The molecule has 1 aromatic heterocycles. The summed E-state index contributed by atoms with van der Waals surface area (Å²) in [7, 11) is 0. The van der Waals surface area contributed by atoms with Crippen molar-refractivity contribution in [2.45, 2.75) is 19.1 Å². The minimum absolute atomic E-state index is 0.000414. The fraction of sp³-hybridized carbons (Fsp3) is 0.600. The molecule has 1 aliphatic rings. The smallest absolute Gasteiger partial charge is 0.225 e. The van der Waals surface area contributed by atoms with Crippen molar-refractivity contribution < 1.29 is 14.2 Å². The van der Waals surface area contributed by atoms with E-state index in [2.05, 4.69) is 9.97 Å². The Kier molecular flexibility index (Phi) is 3.31. The van der Waals surface area contributed by atoms with Crippen LogP contribution in [0.1, 0.15) is 6.92 Å². The van der Waals surface area contributed by atoms with Gasteiger partial charge < -0.3 is 14.7 Å². The van der Waals surface area contributed by atoms with Crippen LogP contribution in [-0.2, 0) is 4.74 Å². The lowest BCUT2D eigenvalue weighted by Crippen LogP contribution is -2.48. The molecule has 2 rings (SSSR count). The molecule has 0 radical (unpaired) electrons. The maximum atomic E-state index is 12.7. The molecule has 88 valence electrons. The molecule has 0 aliphatic carbocycles. The summed E-state index contributed by atoms with van der Waals surface area (Å²) in [5.74, 6) is 0.0127. The number of morpholine rings is 1. The van der Waals surface area contributed by atoms with Gasteiger partial charge >= 0.3 is 0 Å². The standard InChI is InChI=1S/C10H14FN3O2/c1-7-4-14(5-9(6-15)16-7)10-12-2-8(11)3-13-10/h2-3,7,9,15H,4-6H2,1H3. The Labute approximate surface area is 92.9 Å². The quantitative estimate of drug-likeness (QED) is 0.782. The van der Waals surface area contributed by atoms with Crippen molar-refractivity contribution in [1.29, 1.82) is 0 Å². The van der Waals surface area contributed by atoms with E-state index in [1.165, 1.54) is 0 Å². The van der Waals surface area contributed by atoms with Gasteiger partial charge in [-0.25, -0.2) is 14.4 Å². The van der Waals surface area contributed by atoms with E-state index in [-0.39, 0.29) is 18.8 Å². The fourth-order valence-corrected chi connectivity index (χ4v) is 1.78. The van der Waals surface area contributed by atoms with Crippen LogP contribution < -0.4 is 4.90 Å². The number of nitrogens with zero attached hydrogens (tertiary/aromatic N) is 3. The van der Waals surface area contributed by atoms with Crippen molar-refractivity contribution in [3.05, 3.63) is 18.2 Å². The van der Waals surface area contributed by atoms with Crippen LogP contribution in [0, 0.1) is 5.82 Å². The van der Waals surface area contributed by atoms with Gasteiger partial charge in [0.15, 0.2) is 5.82 Å². The van der Waals surface area contributed by atoms with Gasteiger partial charge in [-0.2, -0.15) is 0 Å². The number of ether oxygens (including phenoxy) is 1. The Balaban J connectivity index is 2.11. The van der Waals surface area contributed by atoms with Gasteiger partial charge in [0.25, 0.3) is 0 Å². The molecule has 5 nitrogen and oxygen atoms in total. The van der Waals surface area contributed by atoms with Crippen LogP contribution >= 0.6 is 0 Å². The molecule has 0 saturated carbocycles. The SMILES string of the molecule is CC1CN(c2ncc(F)cn2)CC(CO)O1. The number of aliphatic hydroxyl groups excluding tert-OH is 1. The second-order valence-corrected chi connectivity index (χ2v) is 3.86. The van der Waals surface area contributed by atoms with Gasteiger partial charge in [-0.05, 0) is 6.92 Å². The number of hydrogen-bond acceptors (Lipinski definition) is 5. The van der Waals surface area contributed by atoms with Gasteiger partial charge in [-0.15, -0.1) is 0 Å². The van der Waals surface area contributed by atoms with Crippen molar-refractivity contribution in [3.8, 4) is 0 Å². The number of aromatic nitrogens is 2. The zero-order valence-electron chi connectivity index (χ0n) is 9.01. The molecule has 2 unspecified atom stereocenters. The molecule has 2 heterocycles. The zero-order chi connectivity index (χ0) is 11.5. The number of anilines is 1. The van der Waals surface area contributed by atoms with Crippen LogP contribution in [0.3, 0.4) is 0 Å². The molecule has 0 spiro atoms. The van der Waals surface area contributed by atoms with E-state index in [9.17, 15) is 4.39 Å². The second-order valence-electron chi connectivity index (χ2n) is 3.86. The second kappa shape index (κ2) is 4.71. The van der Waals surface area contributed by atoms with Gasteiger partial charge in [0.1, 0.15) is 0 Å². The predicted molar refractivity (Wildman–Crippen MR) is 55.6 cm³/mol. The highest BCUT2D eigenvalue weighted by atomic mass is 19.1. The molecule has 0 aromatic carbocycles. The van der Waals surface area contributed by atoms with Gasteiger partial charge in [-0.1, -0.05) is 0 Å². The minimum Gasteiger partial charge on any atom is -0.394 e. The van der Waals surface area contributed by atoms with E-state index >= 15 is 0 Å². The third-order valence-corrected chi connectivity index (χ3v) is 2.42. The van der Waals surface area contributed by atoms with Crippen LogP contribution in [0.2, 0.25) is 0 Å². The Morgan fingerprint density at radius 3 is 2.81 bits per heavy atom. The van der Waals surface area contributed by atoms with E-state index in [0.29, 0.717) is 19.0 Å². The molecule has 6 heteroatoms. The first-order chi connectivity index (χ1) is 7.69. The largest absolute Gasteiger partial charge is 0.394 e. The third-order valence-electron chi connectivity index (χ3n) is 2.42. The summed E-state index contributed by atoms with van der Waals surface area (Å²) >= 11 is 0. The molecular formula is C10H14FN3O2. The Hall–Kier alpha value is -1.27. The topological polar surface area (TPSA) is 58.5 Å². The van der Waals surface area contributed by atoms with Crippen molar-refractivity contribution in [2.75, 3.05) is 24.6 Å². The minimum atomic E-state index is -0.455. The molecule has 1 fully saturated rings. The van der Waals surface area contributed by atoms with Crippen LogP contribution in [0.4, 0.5) is 10.3 Å². The highest BCUT2D eigenvalue weighted by Crippen LogP contribution is 2.15. The molecule has 1 N–H and O–H groups in total. The Morgan fingerprint density at radius 2 is 2.19 bits per heavy atom. The van der Waals surface area contributed by atoms with Crippen molar-refractivity contribution in [2.24, 2.45) is 0 Å². The van der Waals surface area contributed by atoms with Gasteiger partial charge in [0, 0.05) is 13.1 Å². The van der Waals surface area contributed by atoms with Crippen LogP contribution in [0.15, 0.2) is 12.4 Å². The van der Waals surface area contributed by atoms with Crippen molar-refractivity contribution in [1.82, 2.24) is 9.97 Å². The number of halogens is 1. The summed E-state index contributed by atoms with van der Waals surface area (Å²) in [5, 5.41) is 9.07. The number of rotatable bonds is 2. The molecule has 1 saturated heterocycles. The van der Waals surface area contributed by atoms with E-state index in [1.807, 2.05) is 11.8 Å². The molecule has 0 bridgehead atoms. The predicted octanol–water partition coefficient (Wildman–Crippen LogP) is 0.202. The monoisotopic (exact) mass is 227 g/mol. The molecular weight excluding hydrogens is 213 g/mol. The summed E-state index contributed by atoms with van der Waals surface area (Å²) in [5.41, 5.74) is 0. The maximum Gasteiger partial charge on any atom is 0.225 e. The van der Waals surface area contributed by atoms with Crippen LogP contribution in [0.25, 0.3) is 0 Å². The first-order valence-electron chi connectivity index (χ1n) is 5.18. The lowest BCUT2D eigenvalue weighted by Gasteiger charge is -2.35. The van der Waals surface area contributed by atoms with E-state index in [0.717, 1.165) is 12.4 Å². The van der Waals surface area contributed by atoms with Gasteiger partial charge in [0.2, 0.25) is 5.95 Å². The van der Waals surface area contributed by atoms with E-state index < -0.39 is 5.82 Å². The summed E-state index contributed by atoms with van der Waals surface area (Å²) < 4.78 is 18.2. The first-order valence-corrected chi connectivity index (χ1v) is 5.18. The summed E-state index contributed by atoms with van der Waals surface area (Å²) in [6.45, 7) is 3.04. The molecule has 16 heavy (non-hydrogen) atoms. The average molecular weight is 227 g/mol. The van der Waals surface area contributed by atoms with E-state index in [1.54, 1.807) is 0 Å². The normalized spacial score (nSPS) is 25.8. The lowest BCUT2D eigenvalue weighted by molar-refractivity contribution is -0.0425. The Morgan fingerprint density at radius 1 is 1.50 bits per heavy atom. The summed E-state index contributed by atoms with van der Waals surface area (Å²) in [6, 6.07) is 0. The summed E-state index contributed by atoms with van der Waals surface area (Å²) in [4.78, 5) is 9.70. The molecule has 1 aliphatic heterocycles. The van der Waals surface area contributed by atoms with Crippen LogP contribution in [0.5, 0.6) is 0 Å². The first kappa shape index (κ1) is 11.2. The zero-order valence-corrected chi connectivity index (χ0v) is 9.01. The number of hydrogen-bond donors (Lipinski definition) is 1. The van der Waals surface area contributed by atoms with Crippen molar-refractivity contribution in [3.63, 3.8) is 0 Å². The number of aliphatic hydroxyl groups is 1. The average Bonchev–Trinajstić information content (AvgIpc) is 2.29. The van der Waals surface area contributed by atoms with Gasteiger partial charge in [0.05, 0.1) is 31.2 Å². The maximum absolute atomic E-state index is 12.7. The summed E-state index contributed by atoms with van der Waals surface area (Å²) in [6.07, 6.45) is 2.03. The molecule has 0 amide bonds. The van der Waals surface area contributed by atoms with E-state index in [4.69, 9.17) is 9.84 Å². The highest BCUT2D eigenvalue weighted by molar-refractivity contribution is 5.29. The Bertz CT molecular complexity index is 346. The highest BCUT2D eigenvalue weighted by Gasteiger charge is 2.26. The molecule has 1 aromatic rings.